The second-order valence-electron chi connectivity index (χ2n) is 3.09. The van der Waals surface area contributed by atoms with Gasteiger partial charge in [0.05, 0.1) is 25.5 Å². The molecule has 0 bridgehead atoms. The van der Waals surface area contributed by atoms with Gasteiger partial charge in [-0.2, -0.15) is 13.2 Å². The van der Waals surface area contributed by atoms with E-state index < -0.39 is 23.2 Å². The Labute approximate surface area is 95.1 Å². The van der Waals surface area contributed by atoms with Crippen LogP contribution in [0, 0.1) is 0 Å². The van der Waals surface area contributed by atoms with Crippen LogP contribution in [0.2, 0.25) is 0 Å². The van der Waals surface area contributed by atoms with Gasteiger partial charge in [0, 0.05) is 0 Å². The van der Waals surface area contributed by atoms with Crippen LogP contribution in [0.3, 0.4) is 0 Å². The van der Waals surface area contributed by atoms with Gasteiger partial charge in [0.1, 0.15) is 0 Å². The second-order valence-corrected chi connectivity index (χ2v) is 3.09. The van der Waals surface area contributed by atoms with Gasteiger partial charge >= 0.3 is 6.18 Å². The van der Waals surface area contributed by atoms with Crippen LogP contribution in [0.15, 0.2) is 12.1 Å². The van der Waals surface area contributed by atoms with Crippen molar-refractivity contribution in [2.45, 2.75) is 6.18 Å². The summed E-state index contributed by atoms with van der Waals surface area (Å²) in [6.45, 7) is 0. The third-order valence-electron chi connectivity index (χ3n) is 2.09. The quantitative estimate of drug-likeness (QED) is 0.657. The van der Waals surface area contributed by atoms with Gasteiger partial charge < -0.3 is 15.2 Å². The fourth-order valence-corrected chi connectivity index (χ4v) is 1.30. The topological polar surface area (TPSA) is 61.5 Å². The van der Waals surface area contributed by atoms with E-state index >= 15 is 0 Å². The smallest absolute Gasteiger partial charge is 0.454 e. The Bertz CT molecular complexity index is 443. The first-order chi connectivity index (χ1) is 7.82. The predicted molar refractivity (Wildman–Crippen MR) is 54.3 cm³/mol. The summed E-state index contributed by atoms with van der Waals surface area (Å²) in [6, 6.07) is 2.14. The first kappa shape index (κ1) is 13.1. The number of benzene rings is 1. The van der Waals surface area contributed by atoms with Gasteiger partial charge in [-0.3, -0.25) is 4.79 Å². The maximum absolute atomic E-state index is 12.3. The van der Waals surface area contributed by atoms with Crippen molar-refractivity contribution in [3.05, 3.63) is 17.7 Å². The molecule has 0 unspecified atom stereocenters. The third-order valence-corrected chi connectivity index (χ3v) is 2.09. The number of methoxy groups -OCH3 is 2. The zero-order valence-electron chi connectivity index (χ0n) is 9.09. The number of carbonyl (C=O) groups excluding carboxylic acids is 1. The highest BCUT2D eigenvalue weighted by Gasteiger charge is 2.41. The van der Waals surface area contributed by atoms with E-state index in [-0.39, 0.29) is 11.5 Å². The zero-order valence-corrected chi connectivity index (χ0v) is 9.09. The van der Waals surface area contributed by atoms with E-state index in [1.54, 1.807) is 0 Å². The summed E-state index contributed by atoms with van der Waals surface area (Å²) in [7, 11) is 2.53. The monoisotopic (exact) mass is 249 g/mol. The lowest BCUT2D eigenvalue weighted by Gasteiger charge is -2.14. The van der Waals surface area contributed by atoms with Crippen LogP contribution in [0.25, 0.3) is 0 Å². The highest BCUT2D eigenvalue weighted by Crippen LogP contribution is 2.37. The van der Waals surface area contributed by atoms with Crippen LogP contribution in [0.4, 0.5) is 18.9 Å². The Morgan fingerprint density at radius 3 is 2.24 bits per heavy atom. The van der Waals surface area contributed by atoms with Crippen molar-refractivity contribution in [1.29, 1.82) is 0 Å². The molecule has 0 saturated heterocycles. The standard InChI is InChI=1S/C10H10F3NO3/c1-16-6-4-3-5(7(14)8(6)17-2)9(15)10(11,12)13/h3-4H,14H2,1-2H3. The number of Topliss-reactive ketones (excluding diaryl/α,β-unsaturated/α-hetero) is 1. The highest BCUT2D eigenvalue weighted by molar-refractivity contribution is 6.05. The molecule has 0 saturated carbocycles. The number of rotatable bonds is 3. The molecule has 0 aromatic heterocycles. The number of carbonyl (C=O) groups is 1. The molecule has 0 fully saturated rings. The van der Waals surface area contributed by atoms with Crippen LogP contribution in [-0.2, 0) is 0 Å². The minimum atomic E-state index is -4.98. The molecule has 1 rings (SSSR count). The first-order valence-electron chi connectivity index (χ1n) is 4.45. The molecule has 4 nitrogen and oxygen atoms in total. The van der Waals surface area contributed by atoms with Gasteiger partial charge in [0.15, 0.2) is 11.5 Å². The van der Waals surface area contributed by atoms with Crippen molar-refractivity contribution in [2.24, 2.45) is 0 Å². The summed E-state index contributed by atoms with van der Waals surface area (Å²) in [4.78, 5) is 11.1. The number of nitrogen functional groups attached to an aromatic ring is 1. The SMILES string of the molecule is COc1ccc(C(=O)C(F)(F)F)c(N)c1OC. The van der Waals surface area contributed by atoms with Gasteiger partial charge in [-0.25, -0.2) is 0 Å². The fourth-order valence-electron chi connectivity index (χ4n) is 1.30. The van der Waals surface area contributed by atoms with Crippen molar-refractivity contribution in [3.8, 4) is 11.5 Å². The molecule has 0 radical (unpaired) electrons. The van der Waals surface area contributed by atoms with Crippen molar-refractivity contribution < 1.29 is 27.4 Å². The number of anilines is 1. The molecule has 1 aromatic carbocycles. The van der Waals surface area contributed by atoms with Gasteiger partial charge in [0.25, 0.3) is 5.78 Å². The molecule has 1 aromatic rings. The number of nitrogens with two attached hydrogens (primary N) is 1. The molecule has 0 aliphatic carbocycles. The molecular formula is C10H10F3NO3. The highest BCUT2D eigenvalue weighted by atomic mass is 19.4. The maximum atomic E-state index is 12.3. The molecule has 0 atom stereocenters. The van der Waals surface area contributed by atoms with E-state index in [2.05, 4.69) is 0 Å². The molecule has 7 heteroatoms. The molecule has 0 aliphatic heterocycles. The normalized spacial score (nSPS) is 11.1. The summed E-state index contributed by atoms with van der Waals surface area (Å²) < 4.78 is 46.4. The number of alkyl halides is 3. The molecule has 0 aliphatic rings. The van der Waals surface area contributed by atoms with Crippen LogP contribution in [0.1, 0.15) is 10.4 Å². The molecular weight excluding hydrogens is 239 g/mol. The van der Waals surface area contributed by atoms with Crippen LogP contribution >= 0.6 is 0 Å². The van der Waals surface area contributed by atoms with Crippen molar-refractivity contribution in [3.63, 3.8) is 0 Å². The molecule has 17 heavy (non-hydrogen) atoms. The Morgan fingerprint density at radius 1 is 1.24 bits per heavy atom. The maximum Gasteiger partial charge on any atom is 0.454 e. The number of ketones is 1. The van der Waals surface area contributed by atoms with Gasteiger partial charge in [-0.15, -0.1) is 0 Å². The van der Waals surface area contributed by atoms with E-state index in [1.807, 2.05) is 0 Å². The Hall–Kier alpha value is -1.92. The Balaban J connectivity index is 3.34. The Kier molecular flexibility index (Phi) is 3.50. The zero-order chi connectivity index (χ0) is 13.2. The van der Waals surface area contributed by atoms with E-state index in [0.29, 0.717) is 0 Å². The van der Waals surface area contributed by atoms with Gasteiger partial charge in [-0.05, 0) is 12.1 Å². The minimum Gasteiger partial charge on any atom is -0.493 e. The average Bonchev–Trinajstić information content (AvgIpc) is 2.26. The third kappa shape index (κ3) is 2.43. The molecule has 94 valence electrons. The summed E-state index contributed by atoms with van der Waals surface area (Å²) in [5.41, 5.74) is 4.39. The summed E-state index contributed by atoms with van der Waals surface area (Å²) in [5.74, 6) is -1.96. The van der Waals surface area contributed by atoms with E-state index in [0.717, 1.165) is 6.07 Å². The summed E-state index contributed by atoms with van der Waals surface area (Å²) in [5, 5.41) is 0. The lowest BCUT2D eigenvalue weighted by atomic mass is 10.1. The molecule has 2 N–H and O–H groups in total. The minimum absolute atomic E-state index is 0.0948. The molecule has 0 amide bonds. The number of hydrogen-bond donors (Lipinski definition) is 1. The van der Waals surface area contributed by atoms with Crippen molar-refractivity contribution in [1.82, 2.24) is 0 Å². The van der Waals surface area contributed by atoms with Crippen LogP contribution in [-0.4, -0.2) is 26.2 Å². The second kappa shape index (κ2) is 4.52. The van der Waals surface area contributed by atoms with Crippen molar-refractivity contribution in [2.75, 3.05) is 20.0 Å². The molecule has 0 spiro atoms. The predicted octanol–water partition coefficient (Wildman–Crippen LogP) is 2.03. The first-order valence-corrected chi connectivity index (χ1v) is 4.45. The van der Waals surface area contributed by atoms with E-state index in [9.17, 15) is 18.0 Å². The Morgan fingerprint density at radius 2 is 1.82 bits per heavy atom. The fraction of sp³-hybridized carbons (Fsp3) is 0.300. The lowest BCUT2D eigenvalue weighted by molar-refractivity contribution is -0.0884. The average molecular weight is 249 g/mol. The number of hydrogen-bond acceptors (Lipinski definition) is 4. The summed E-state index contributed by atoms with van der Waals surface area (Å²) >= 11 is 0. The van der Waals surface area contributed by atoms with Crippen LogP contribution < -0.4 is 15.2 Å². The van der Waals surface area contributed by atoms with E-state index in [1.165, 1.54) is 20.3 Å². The number of ether oxygens (including phenoxy) is 2. The largest absolute Gasteiger partial charge is 0.493 e. The molecule has 0 heterocycles. The van der Waals surface area contributed by atoms with Crippen LogP contribution in [0.5, 0.6) is 11.5 Å². The van der Waals surface area contributed by atoms with Crippen molar-refractivity contribution >= 4 is 11.5 Å². The van der Waals surface area contributed by atoms with E-state index in [4.69, 9.17) is 15.2 Å². The van der Waals surface area contributed by atoms with Gasteiger partial charge in [-0.1, -0.05) is 0 Å². The lowest BCUT2D eigenvalue weighted by Crippen LogP contribution is -2.24. The van der Waals surface area contributed by atoms with Gasteiger partial charge in [0.2, 0.25) is 0 Å². The number of halogens is 3. The summed E-state index contributed by atoms with van der Waals surface area (Å²) in [6.07, 6.45) is -4.98.